The van der Waals surface area contributed by atoms with E-state index in [1.54, 1.807) is 0 Å². The molecule has 4 N–H and O–H groups in total. The monoisotopic (exact) mass is 299 g/mol. The molecule has 0 fully saturated rings. The highest BCUT2D eigenvalue weighted by Gasteiger charge is 2.04. The number of nitrogens with one attached hydrogen (secondary N) is 2. The summed E-state index contributed by atoms with van der Waals surface area (Å²) in [5.41, 5.74) is 8.52. The minimum atomic E-state index is 0.0586. The molecule has 0 bridgehead atoms. The van der Waals surface area contributed by atoms with Crippen molar-refractivity contribution in [2.75, 3.05) is 24.1 Å². The summed E-state index contributed by atoms with van der Waals surface area (Å²) in [5, 5.41) is 5.96. The van der Waals surface area contributed by atoms with Gasteiger partial charge in [0.25, 0.3) is 0 Å². The number of aryl methyl sites for hydroxylation is 1. The zero-order valence-electron chi connectivity index (χ0n) is 10.1. The minimum absolute atomic E-state index is 0.0586. The molecule has 1 aromatic rings. The van der Waals surface area contributed by atoms with Crippen molar-refractivity contribution in [3.8, 4) is 0 Å². The minimum Gasteiger partial charge on any atom is -0.398 e. The normalized spacial score (nSPS) is 10.1. The van der Waals surface area contributed by atoms with Gasteiger partial charge in [-0.3, -0.25) is 4.79 Å². The molecule has 5 heteroatoms. The van der Waals surface area contributed by atoms with Crippen LogP contribution in [0.3, 0.4) is 0 Å². The van der Waals surface area contributed by atoms with E-state index in [9.17, 15) is 4.79 Å². The fourth-order valence-corrected chi connectivity index (χ4v) is 1.93. The summed E-state index contributed by atoms with van der Waals surface area (Å²) in [4.78, 5) is 11.3. The van der Waals surface area contributed by atoms with Gasteiger partial charge in [0.1, 0.15) is 0 Å². The maximum atomic E-state index is 11.3. The molecule has 0 aromatic heterocycles. The number of carbonyl (C=O) groups is 1. The van der Waals surface area contributed by atoms with Crippen LogP contribution < -0.4 is 16.4 Å². The quantitative estimate of drug-likeness (QED) is 0.731. The lowest BCUT2D eigenvalue weighted by Crippen LogP contribution is -2.24. The Bertz CT molecular complexity index is 407. The number of carbonyl (C=O) groups excluding carboxylic acids is 1. The first-order valence-corrected chi connectivity index (χ1v) is 6.40. The molecule has 0 atom stereocenters. The molecule has 0 aliphatic heterocycles. The number of amides is 1. The first kappa shape index (κ1) is 13.8. The number of halogens is 1. The number of hydrogen-bond acceptors (Lipinski definition) is 3. The first-order chi connectivity index (χ1) is 8.04. The Morgan fingerprint density at radius 2 is 2.18 bits per heavy atom. The summed E-state index contributed by atoms with van der Waals surface area (Å²) in [6.45, 7) is 5.14. The van der Waals surface area contributed by atoms with Crippen LogP contribution in [-0.4, -0.2) is 19.0 Å². The van der Waals surface area contributed by atoms with Crippen LogP contribution in [0.2, 0.25) is 0 Å². The van der Waals surface area contributed by atoms with Crippen molar-refractivity contribution in [2.24, 2.45) is 0 Å². The van der Waals surface area contributed by atoms with Crippen molar-refractivity contribution in [1.29, 1.82) is 0 Å². The molecule has 0 saturated heterocycles. The Morgan fingerprint density at radius 1 is 1.47 bits per heavy atom. The molecule has 0 spiro atoms. The summed E-state index contributed by atoms with van der Waals surface area (Å²) in [7, 11) is 0. The topological polar surface area (TPSA) is 67.2 Å². The highest BCUT2D eigenvalue weighted by atomic mass is 79.9. The average molecular weight is 300 g/mol. The van der Waals surface area contributed by atoms with E-state index < -0.39 is 0 Å². The molecule has 0 aliphatic carbocycles. The second kappa shape index (κ2) is 6.49. The van der Waals surface area contributed by atoms with E-state index in [1.165, 1.54) is 0 Å². The van der Waals surface area contributed by atoms with E-state index in [-0.39, 0.29) is 5.91 Å². The highest BCUT2D eigenvalue weighted by molar-refractivity contribution is 9.10. The summed E-state index contributed by atoms with van der Waals surface area (Å²) < 4.78 is 0.913. The van der Waals surface area contributed by atoms with Crippen LogP contribution in [0.15, 0.2) is 16.6 Å². The van der Waals surface area contributed by atoms with Crippen molar-refractivity contribution in [1.82, 2.24) is 5.32 Å². The molecular formula is C12H18BrN3O. The van der Waals surface area contributed by atoms with Crippen molar-refractivity contribution in [3.63, 3.8) is 0 Å². The third-order valence-corrected chi connectivity index (χ3v) is 3.05. The molecule has 4 nitrogen and oxygen atoms in total. The van der Waals surface area contributed by atoms with E-state index in [0.717, 1.165) is 21.4 Å². The fourth-order valence-electron chi connectivity index (χ4n) is 1.43. The molecule has 0 saturated carbocycles. The number of rotatable bonds is 5. The Morgan fingerprint density at radius 3 is 2.82 bits per heavy atom. The van der Waals surface area contributed by atoms with Gasteiger partial charge in [-0.15, -0.1) is 0 Å². The molecule has 0 aliphatic rings. The molecule has 1 aromatic carbocycles. The number of benzene rings is 1. The molecule has 0 radical (unpaired) electrons. The van der Waals surface area contributed by atoms with E-state index >= 15 is 0 Å². The van der Waals surface area contributed by atoms with Crippen LogP contribution in [0, 0.1) is 6.92 Å². The van der Waals surface area contributed by atoms with E-state index in [0.29, 0.717) is 19.5 Å². The maximum Gasteiger partial charge on any atom is 0.221 e. The molecule has 0 unspecified atom stereocenters. The summed E-state index contributed by atoms with van der Waals surface area (Å²) >= 11 is 3.44. The maximum absolute atomic E-state index is 11.3. The lowest BCUT2D eigenvalue weighted by atomic mass is 10.2. The van der Waals surface area contributed by atoms with Gasteiger partial charge in [-0.25, -0.2) is 0 Å². The number of nitrogens with two attached hydrogens (primary N) is 1. The van der Waals surface area contributed by atoms with Gasteiger partial charge in [0.15, 0.2) is 0 Å². The largest absolute Gasteiger partial charge is 0.398 e. The van der Waals surface area contributed by atoms with Gasteiger partial charge in [-0.2, -0.15) is 0 Å². The molecule has 0 heterocycles. The molecular weight excluding hydrogens is 282 g/mol. The van der Waals surface area contributed by atoms with Crippen LogP contribution >= 0.6 is 15.9 Å². The van der Waals surface area contributed by atoms with Crippen LogP contribution in [0.25, 0.3) is 0 Å². The fraction of sp³-hybridized carbons (Fsp3) is 0.417. The van der Waals surface area contributed by atoms with Crippen molar-refractivity contribution < 1.29 is 4.79 Å². The van der Waals surface area contributed by atoms with Crippen molar-refractivity contribution in [3.05, 3.63) is 22.2 Å². The van der Waals surface area contributed by atoms with Gasteiger partial charge < -0.3 is 16.4 Å². The van der Waals surface area contributed by atoms with Crippen molar-refractivity contribution >= 4 is 33.2 Å². The van der Waals surface area contributed by atoms with Crippen LogP contribution in [-0.2, 0) is 4.79 Å². The second-order valence-electron chi connectivity index (χ2n) is 3.82. The third-order valence-electron chi connectivity index (χ3n) is 2.40. The smallest absolute Gasteiger partial charge is 0.221 e. The summed E-state index contributed by atoms with van der Waals surface area (Å²) in [6.07, 6.45) is 0.462. The number of nitrogen functional groups attached to an aromatic ring is 1. The van der Waals surface area contributed by atoms with Crippen molar-refractivity contribution in [2.45, 2.75) is 20.3 Å². The predicted octanol–water partition coefficient (Wildman–Crippen LogP) is 2.28. The Hall–Kier alpha value is -1.23. The zero-order chi connectivity index (χ0) is 12.8. The van der Waals surface area contributed by atoms with Gasteiger partial charge in [-0.05, 0) is 47.5 Å². The zero-order valence-corrected chi connectivity index (χ0v) is 11.7. The number of hydrogen-bond donors (Lipinski definition) is 3. The van der Waals surface area contributed by atoms with E-state index in [1.807, 2.05) is 26.0 Å². The molecule has 17 heavy (non-hydrogen) atoms. The first-order valence-electron chi connectivity index (χ1n) is 5.60. The van der Waals surface area contributed by atoms with Gasteiger partial charge >= 0.3 is 0 Å². The van der Waals surface area contributed by atoms with Gasteiger partial charge in [0, 0.05) is 35.4 Å². The van der Waals surface area contributed by atoms with E-state index in [4.69, 9.17) is 5.73 Å². The average Bonchev–Trinajstić information content (AvgIpc) is 2.26. The predicted molar refractivity (Wildman–Crippen MR) is 75.1 cm³/mol. The Balaban J connectivity index is 2.52. The SMILES string of the molecule is CCNC(=O)CCNc1cc(C)c(N)cc1Br. The van der Waals surface area contributed by atoms with Gasteiger partial charge in [-0.1, -0.05) is 0 Å². The standard InChI is InChI=1S/C12H18BrN3O/c1-3-15-12(17)4-5-16-11-6-8(2)10(14)7-9(11)13/h6-7,16H,3-5,14H2,1-2H3,(H,15,17). The second-order valence-corrected chi connectivity index (χ2v) is 4.67. The third kappa shape index (κ3) is 4.26. The molecule has 1 amide bonds. The summed E-state index contributed by atoms with van der Waals surface area (Å²) in [5.74, 6) is 0.0586. The van der Waals surface area contributed by atoms with Crippen LogP contribution in [0.4, 0.5) is 11.4 Å². The molecule has 94 valence electrons. The van der Waals surface area contributed by atoms with Crippen LogP contribution in [0.1, 0.15) is 18.9 Å². The number of anilines is 2. The Kier molecular flexibility index (Phi) is 5.28. The van der Waals surface area contributed by atoms with Gasteiger partial charge in [0.05, 0.1) is 0 Å². The van der Waals surface area contributed by atoms with Crippen LogP contribution in [0.5, 0.6) is 0 Å². The van der Waals surface area contributed by atoms with Gasteiger partial charge in [0.2, 0.25) is 5.91 Å². The lowest BCUT2D eigenvalue weighted by Gasteiger charge is -2.11. The highest BCUT2D eigenvalue weighted by Crippen LogP contribution is 2.27. The Labute approximate surface area is 110 Å². The molecule has 1 rings (SSSR count). The summed E-state index contributed by atoms with van der Waals surface area (Å²) in [6, 6.07) is 3.83. The lowest BCUT2D eigenvalue weighted by molar-refractivity contribution is -0.120. The van der Waals surface area contributed by atoms with E-state index in [2.05, 4.69) is 26.6 Å².